The smallest absolute Gasteiger partial charge is 0.309 e. The molecule has 2 bridgehead atoms. The van der Waals surface area contributed by atoms with Crippen LogP contribution in [0, 0.1) is 17.8 Å². The number of hydrogen-bond donors (Lipinski definition) is 1. The van der Waals surface area contributed by atoms with Crippen LogP contribution in [-0.4, -0.2) is 30.2 Å². The summed E-state index contributed by atoms with van der Waals surface area (Å²) in [6.07, 6.45) is 3.72. The number of benzene rings is 1. The van der Waals surface area contributed by atoms with Crippen LogP contribution in [-0.2, 0) is 24.5 Å². The van der Waals surface area contributed by atoms with Crippen LogP contribution < -0.4 is 5.32 Å². The molecule has 1 N–H and O–H groups in total. The lowest BCUT2D eigenvalue weighted by Crippen LogP contribution is -2.40. The zero-order valence-electron chi connectivity index (χ0n) is 17.3. The van der Waals surface area contributed by atoms with Gasteiger partial charge in [0.25, 0.3) is 11.8 Å². The van der Waals surface area contributed by atoms with Gasteiger partial charge in [-0.1, -0.05) is 39.3 Å². The van der Waals surface area contributed by atoms with E-state index in [0.29, 0.717) is 18.4 Å². The molecule has 2 atom stereocenters. The summed E-state index contributed by atoms with van der Waals surface area (Å²) in [7, 11) is 0. The third-order valence-corrected chi connectivity index (χ3v) is 5.99. The second-order valence-electron chi connectivity index (χ2n) is 9.21. The average Bonchev–Trinajstić information content (AvgIpc) is 2.65. The van der Waals surface area contributed by atoms with Gasteiger partial charge in [-0.3, -0.25) is 24.5 Å². The van der Waals surface area contributed by atoms with Gasteiger partial charge in [0.05, 0.1) is 5.92 Å². The molecule has 3 rings (SSSR count). The Morgan fingerprint density at radius 2 is 1.62 bits per heavy atom. The lowest BCUT2D eigenvalue weighted by Gasteiger charge is -2.36. The Bertz CT molecular complexity index is 790. The fourth-order valence-electron chi connectivity index (χ4n) is 4.28. The number of rotatable bonds is 4. The molecule has 0 radical (unpaired) electrons. The topological polar surface area (TPSA) is 89.5 Å². The van der Waals surface area contributed by atoms with Crippen LogP contribution in [0.4, 0.5) is 0 Å². The molecule has 0 saturated heterocycles. The Balaban J connectivity index is 1.47. The SMILES string of the molecule is CC(C)(C)c1ccc(C(=O)NC(=O)COC(=O)C2C[C@H]3CCC[C@H](C2)C3=O)cc1. The van der Waals surface area contributed by atoms with Crippen LogP contribution >= 0.6 is 0 Å². The van der Waals surface area contributed by atoms with Gasteiger partial charge in [-0.15, -0.1) is 0 Å². The van der Waals surface area contributed by atoms with Gasteiger partial charge in [0.2, 0.25) is 0 Å². The van der Waals surface area contributed by atoms with Crippen molar-refractivity contribution in [2.75, 3.05) is 6.61 Å². The molecule has 0 unspecified atom stereocenters. The van der Waals surface area contributed by atoms with E-state index in [4.69, 9.17) is 4.74 Å². The monoisotopic (exact) mass is 399 g/mol. The Hall–Kier alpha value is -2.50. The number of carbonyl (C=O) groups is 4. The molecule has 2 amide bonds. The zero-order chi connectivity index (χ0) is 21.2. The van der Waals surface area contributed by atoms with Crippen LogP contribution in [0.5, 0.6) is 0 Å². The van der Waals surface area contributed by atoms with E-state index in [-0.39, 0.29) is 29.0 Å². The predicted octanol–water partition coefficient (Wildman–Crippen LogP) is 3.18. The fourth-order valence-corrected chi connectivity index (χ4v) is 4.28. The van der Waals surface area contributed by atoms with Crippen molar-refractivity contribution in [3.63, 3.8) is 0 Å². The number of imide groups is 1. The lowest BCUT2D eigenvalue weighted by molar-refractivity contribution is -0.156. The minimum Gasteiger partial charge on any atom is -0.455 e. The Labute approximate surface area is 171 Å². The van der Waals surface area contributed by atoms with Crippen LogP contribution in [0.2, 0.25) is 0 Å². The minimum absolute atomic E-state index is 0.0265. The molecule has 0 spiro atoms. The van der Waals surface area contributed by atoms with Gasteiger partial charge in [-0.2, -0.15) is 0 Å². The van der Waals surface area contributed by atoms with E-state index in [1.807, 2.05) is 12.1 Å². The summed E-state index contributed by atoms with van der Waals surface area (Å²) in [5.41, 5.74) is 1.43. The first-order chi connectivity index (χ1) is 13.6. The van der Waals surface area contributed by atoms with Gasteiger partial charge in [0, 0.05) is 17.4 Å². The Morgan fingerprint density at radius 1 is 1.03 bits per heavy atom. The highest BCUT2D eigenvalue weighted by atomic mass is 16.5. The van der Waals surface area contributed by atoms with Crippen LogP contribution in [0.1, 0.15) is 68.8 Å². The van der Waals surface area contributed by atoms with Crippen LogP contribution in [0.3, 0.4) is 0 Å². The van der Waals surface area contributed by atoms with Gasteiger partial charge in [-0.25, -0.2) is 0 Å². The summed E-state index contributed by atoms with van der Waals surface area (Å²) >= 11 is 0. The van der Waals surface area contributed by atoms with Crippen molar-refractivity contribution in [1.29, 1.82) is 0 Å². The third kappa shape index (κ3) is 5.11. The molecule has 2 aliphatic rings. The van der Waals surface area contributed by atoms with Gasteiger partial charge in [0.1, 0.15) is 5.78 Å². The Morgan fingerprint density at radius 3 is 2.17 bits per heavy atom. The molecule has 2 fully saturated rings. The molecule has 156 valence electrons. The summed E-state index contributed by atoms with van der Waals surface area (Å²) in [5, 5.41) is 2.25. The van der Waals surface area contributed by atoms with Gasteiger partial charge < -0.3 is 4.74 Å². The first kappa shape index (κ1) is 21.2. The van der Waals surface area contributed by atoms with E-state index in [9.17, 15) is 19.2 Å². The van der Waals surface area contributed by atoms with Crippen molar-refractivity contribution in [1.82, 2.24) is 5.32 Å². The molecule has 2 aliphatic carbocycles. The van der Waals surface area contributed by atoms with E-state index in [1.165, 1.54) is 0 Å². The first-order valence-electron chi connectivity index (χ1n) is 10.3. The predicted molar refractivity (Wildman–Crippen MR) is 107 cm³/mol. The summed E-state index contributed by atoms with van der Waals surface area (Å²) in [6.45, 7) is 5.74. The van der Waals surface area contributed by atoms with Gasteiger partial charge >= 0.3 is 5.97 Å². The summed E-state index contributed by atoms with van der Waals surface area (Å²) in [5.74, 6) is -1.79. The maximum Gasteiger partial charge on any atom is 0.309 e. The minimum atomic E-state index is -0.657. The number of esters is 1. The largest absolute Gasteiger partial charge is 0.455 e. The Kier molecular flexibility index (Phi) is 6.20. The van der Waals surface area contributed by atoms with Crippen molar-refractivity contribution in [2.45, 2.75) is 58.3 Å². The van der Waals surface area contributed by atoms with Crippen molar-refractivity contribution in [3.8, 4) is 0 Å². The molecule has 0 aliphatic heterocycles. The number of ketones is 1. The molecule has 0 aromatic heterocycles. The molecule has 2 saturated carbocycles. The van der Waals surface area contributed by atoms with Crippen molar-refractivity contribution < 1.29 is 23.9 Å². The highest BCUT2D eigenvalue weighted by Crippen LogP contribution is 2.40. The normalized spacial score (nSPS) is 24.0. The quantitative estimate of drug-likeness (QED) is 0.786. The number of nitrogens with one attached hydrogen (secondary N) is 1. The number of ether oxygens (including phenoxy) is 1. The standard InChI is InChI=1S/C23H29NO5/c1-23(2,3)18-9-7-14(8-10-18)21(27)24-19(25)13-29-22(28)17-11-15-5-4-6-16(12-17)20(15)26/h7-10,15-17H,4-6,11-13H2,1-3H3,(H,24,25,27)/t15-,16-/m1/s1. The lowest BCUT2D eigenvalue weighted by atomic mass is 9.67. The van der Waals surface area contributed by atoms with E-state index >= 15 is 0 Å². The maximum absolute atomic E-state index is 12.3. The summed E-state index contributed by atoms with van der Waals surface area (Å²) in [6, 6.07) is 7.07. The van der Waals surface area contributed by atoms with Crippen molar-refractivity contribution in [2.24, 2.45) is 17.8 Å². The number of Topliss-reactive ketones (excluding diaryl/α,β-unsaturated/α-hetero) is 1. The van der Waals surface area contributed by atoms with E-state index in [0.717, 1.165) is 24.8 Å². The van der Waals surface area contributed by atoms with E-state index in [2.05, 4.69) is 26.1 Å². The summed E-state index contributed by atoms with van der Waals surface area (Å²) < 4.78 is 5.13. The van der Waals surface area contributed by atoms with Crippen molar-refractivity contribution in [3.05, 3.63) is 35.4 Å². The maximum atomic E-state index is 12.3. The molecule has 29 heavy (non-hydrogen) atoms. The average molecular weight is 399 g/mol. The van der Waals surface area contributed by atoms with Crippen LogP contribution in [0.15, 0.2) is 24.3 Å². The highest BCUT2D eigenvalue weighted by Gasteiger charge is 2.41. The molecule has 1 aromatic carbocycles. The second kappa shape index (κ2) is 8.47. The van der Waals surface area contributed by atoms with Crippen molar-refractivity contribution >= 4 is 23.6 Å². The highest BCUT2D eigenvalue weighted by molar-refractivity contribution is 6.05. The number of hydrogen-bond acceptors (Lipinski definition) is 5. The molecular formula is C23H29NO5. The van der Waals surface area contributed by atoms with Gasteiger partial charge in [0.15, 0.2) is 6.61 Å². The molecule has 0 heterocycles. The molecule has 6 nitrogen and oxygen atoms in total. The first-order valence-corrected chi connectivity index (χ1v) is 10.3. The van der Waals surface area contributed by atoms with E-state index in [1.54, 1.807) is 12.1 Å². The third-order valence-electron chi connectivity index (χ3n) is 5.99. The molecule has 1 aromatic rings. The zero-order valence-corrected chi connectivity index (χ0v) is 17.3. The van der Waals surface area contributed by atoms with Crippen LogP contribution in [0.25, 0.3) is 0 Å². The fraction of sp³-hybridized carbons (Fsp3) is 0.565. The number of carbonyl (C=O) groups excluding carboxylic acids is 4. The molecular weight excluding hydrogens is 370 g/mol. The molecule has 6 heteroatoms. The second-order valence-corrected chi connectivity index (χ2v) is 9.21. The van der Waals surface area contributed by atoms with E-state index < -0.39 is 24.4 Å². The van der Waals surface area contributed by atoms with Gasteiger partial charge in [-0.05, 0) is 48.8 Å². The number of amides is 2. The number of fused-ring (bicyclic) bond motifs is 2. The summed E-state index contributed by atoms with van der Waals surface area (Å²) in [4.78, 5) is 48.7.